The van der Waals surface area contributed by atoms with E-state index in [0.29, 0.717) is 19.7 Å². The summed E-state index contributed by atoms with van der Waals surface area (Å²) in [7, 11) is 0. The van der Waals surface area contributed by atoms with Crippen molar-refractivity contribution in [2.24, 2.45) is 5.92 Å². The highest BCUT2D eigenvalue weighted by molar-refractivity contribution is 5.89. The van der Waals surface area contributed by atoms with Crippen molar-refractivity contribution in [2.45, 2.75) is 19.8 Å². The fourth-order valence-electron chi connectivity index (χ4n) is 2.34. The molecule has 1 fully saturated rings. The second kappa shape index (κ2) is 6.93. The summed E-state index contributed by atoms with van der Waals surface area (Å²) in [6.07, 6.45) is 1.61. The van der Waals surface area contributed by atoms with Gasteiger partial charge in [0.15, 0.2) is 0 Å². The molecular weight excluding hydrogens is 256 g/mol. The molecule has 1 saturated heterocycles. The average Bonchev–Trinajstić information content (AvgIpc) is 2.48. The Bertz CT molecular complexity index is 461. The van der Waals surface area contributed by atoms with Gasteiger partial charge in [-0.15, -0.1) is 0 Å². The number of carbonyl (C=O) groups excluding carboxylic acids is 2. The van der Waals surface area contributed by atoms with Crippen molar-refractivity contribution >= 4 is 17.7 Å². The number of rotatable bonds is 3. The van der Waals surface area contributed by atoms with Crippen molar-refractivity contribution in [3.8, 4) is 0 Å². The van der Waals surface area contributed by atoms with Crippen LogP contribution < -0.4 is 5.32 Å². The van der Waals surface area contributed by atoms with E-state index in [1.807, 2.05) is 30.3 Å². The summed E-state index contributed by atoms with van der Waals surface area (Å²) in [5, 5.41) is 2.84. The van der Waals surface area contributed by atoms with Gasteiger partial charge in [0.05, 0.1) is 12.5 Å². The van der Waals surface area contributed by atoms with Crippen LogP contribution in [0.1, 0.15) is 19.8 Å². The molecule has 108 valence electrons. The van der Waals surface area contributed by atoms with Crippen molar-refractivity contribution in [1.82, 2.24) is 4.90 Å². The van der Waals surface area contributed by atoms with Crippen molar-refractivity contribution < 1.29 is 14.3 Å². The highest BCUT2D eigenvalue weighted by atomic mass is 16.5. The van der Waals surface area contributed by atoms with Crippen LogP contribution in [0.2, 0.25) is 0 Å². The van der Waals surface area contributed by atoms with Gasteiger partial charge in [-0.1, -0.05) is 18.2 Å². The number of piperidine rings is 1. The van der Waals surface area contributed by atoms with E-state index in [1.54, 1.807) is 11.8 Å². The fraction of sp³-hybridized carbons (Fsp3) is 0.467. The Kier molecular flexibility index (Phi) is 4.98. The normalized spacial score (nSPS) is 18.4. The lowest BCUT2D eigenvalue weighted by atomic mass is 9.98. The summed E-state index contributed by atoms with van der Waals surface area (Å²) in [4.78, 5) is 25.6. The van der Waals surface area contributed by atoms with E-state index < -0.39 is 0 Å². The van der Waals surface area contributed by atoms with Crippen LogP contribution in [-0.2, 0) is 9.53 Å². The van der Waals surface area contributed by atoms with Crippen LogP contribution in [0.15, 0.2) is 30.3 Å². The van der Waals surface area contributed by atoms with E-state index in [4.69, 9.17) is 4.74 Å². The van der Waals surface area contributed by atoms with Crippen molar-refractivity contribution in [1.29, 1.82) is 0 Å². The molecule has 0 aromatic heterocycles. The van der Waals surface area contributed by atoms with Crippen molar-refractivity contribution in [2.75, 3.05) is 25.0 Å². The zero-order valence-electron chi connectivity index (χ0n) is 11.7. The van der Waals surface area contributed by atoms with Gasteiger partial charge in [0.25, 0.3) is 0 Å². The van der Waals surface area contributed by atoms with Gasteiger partial charge in [-0.2, -0.15) is 0 Å². The minimum atomic E-state index is -0.204. The number of anilines is 1. The van der Waals surface area contributed by atoms with Gasteiger partial charge in [0, 0.05) is 18.8 Å². The molecule has 2 rings (SSSR count). The molecule has 0 saturated carbocycles. The van der Waals surface area contributed by atoms with Crippen LogP contribution >= 0.6 is 0 Å². The van der Waals surface area contributed by atoms with E-state index >= 15 is 0 Å². The molecule has 0 spiro atoms. The number of para-hydroxylation sites is 1. The summed E-state index contributed by atoms with van der Waals surface area (Å²) in [5.41, 5.74) is 0.760. The monoisotopic (exact) mass is 276 g/mol. The van der Waals surface area contributed by atoms with Gasteiger partial charge < -0.3 is 15.0 Å². The molecule has 1 aliphatic heterocycles. The molecule has 0 aliphatic carbocycles. The quantitative estimate of drug-likeness (QED) is 0.863. The van der Waals surface area contributed by atoms with Crippen LogP contribution in [0.25, 0.3) is 0 Å². The predicted octanol–water partition coefficient (Wildman–Crippen LogP) is 2.49. The number of nitrogens with zero attached hydrogens (tertiary/aromatic N) is 1. The van der Waals surface area contributed by atoms with E-state index in [2.05, 4.69) is 5.32 Å². The van der Waals surface area contributed by atoms with Gasteiger partial charge in [-0.05, 0) is 31.9 Å². The summed E-state index contributed by atoms with van der Waals surface area (Å²) in [5.74, 6) is -0.407. The van der Waals surface area contributed by atoms with E-state index in [1.165, 1.54) is 0 Å². The second-order valence-electron chi connectivity index (χ2n) is 4.83. The molecule has 20 heavy (non-hydrogen) atoms. The fourth-order valence-corrected chi connectivity index (χ4v) is 2.34. The lowest BCUT2D eigenvalue weighted by molar-refractivity contribution is -0.149. The maximum atomic E-state index is 12.2. The lowest BCUT2D eigenvalue weighted by Gasteiger charge is -2.31. The van der Waals surface area contributed by atoms with Crippen LogP contribution in [0.4, 0.5) is 10.5 Å². The number of nitrogens with one attached hydrogen (secondary N) is 1. The molecule has 1 aromatic carbocycles. The molecule has 1 aromatic rings. The van der Waals surface area contributed by atoms with E-state index in [-0.39, 0.29) is 17.9 Å². The Morgan fingerprint density at radius 3 is 2.80 bits per heavy atom. The molecule has 1 N–H and O–H groups in total. The number of likely N-dealkylation sites (tertiary alicyclic amines) is 1. The maximum Gasteiger partial charge on any atom is 0.321 e. The molecule has 5 nitrogen and oxygen atoms in total. The Hall–Kier alpha value is -2.04. The minimum absolute atomic E-state index is 0.162. The average molecular weight is 276 g/mol. The SMILES string of the molecule is CCOC(=O)[C@H]1CCCN(C(=O)Nc2ccccc2)C1. The smallest absolute Gasteiger partial charge is 0.321 e. The maximum absolute atomic E-state index is 12.2. The minimum Gasteiger partial charge on any atom is -0.466 e. The van der Waals surface area contributed by atoms with Gasteiger partial charge in [0.2, 0.25) is 0 Å². The predicted molar refractivity (Wildman–Crippen MR) is 76.4 cm³/mol. The first-order chi connectivity index (χ1) is 9.70. The Morgan fingerprint density at radius 2 is 2.10 bits per heavy atom. The van der Waals surface area contributed by atoms with E-state index in [0.717, 1.165) is 18.5 Å². The zero-order valence-corrected chi connectivity index (χ0v) is 11.7. The second-order valence-corrected chi connectivity index (χ2v) is 4.83. The lowest BCUT2D eigenvalue weighted by Crippen LogP contribution is -2.44. The number of urea groups is 1. The molecule has 1 atom stereocenters. The Labute approximate surface area is 118 Å². The van der Waals surface area contributed by atoms with Crippen molar-refractivity contribution in [3.05, 3.63) is 30.3 Å². The van der Waals surface area contributed by atoms with E-state index in [9.17, 15) is 9.59 Å². The van der Waals surface area contributed by atoms with Gasteiger partial charge in [-0.25, -0.2) is 4.79 Å². The summed E-state index contributed by atoms with van der Waals surface area (Å²) in [6, 6.07) is 9.15. The van der Waals surface area contributed by atoms with Crippen LogP contribution in [0.5, 0.6) is 0 Å². The third kappa shape index (κ3) is 3.73. The number of esters is 1. The first-order valence-electron chi connectivity index (χ1n) is 6.98. The Morgan fingerprint density at radius 1 is 1.35 bits per heavy atom. The number of hydrogen-bond donors (Lipinski definition) is 1. The molecule has 0 radical (unpaired) electrons. The highest BCUT2D eigenvalue weighted by Crippen LogP contribution is 2.19. The number of amides is 2. The first-order valence-corrected chi connectivity index (χ1v) is 6.98. The molecule has 0 unspecified atom stereocenters. The number of ether oxygens (including phenoxy) is 1. The zero-order chi connectivity index (χ0) is 14.4. The third-order valence-electron chi connectivity index (χ3n) is 3.35. The Balaban J connectivity index is 1.91. The molecule has 1 aliphatic rings. The summed E-state index contributed by atoms with van der Waals surface area (Å²) >= 11 is 0. The summed E-state index contributed by atoms with van der Waals surface area (Å²) < 4.78 is 5.03. The number of benzene rings is 1. The summed E-state index contributed by atoms with van der Waals surface area (Å²) in [6.45, 7) is 3.28. The molecule has 2 amide bonds. The molecule has 1 heterocycles. The van der Waals surface area contributed by atoms with Gasteiger partial charge in [0.1, 0.15) is 0 Å². The number of carbonyl (C=O) groups is 2. The van der Waals surface area contributed by atoms with Crippen LogP contribution in [0.3, 0.4) is 0 Å². The standard InChI is InChI=1S/C15H20N2O3/c1-2-20-14(18)12-7-6-10-17(11-12)15(19)16-13-8-4-3-5-9-13/h3-5,8-9,12H,2,6-7,10-11H2,1H3,(H,16,19)/t12-/m0/s1. The molecular formula is C15H20N2O3. The number of hydrogen-bond acceptors (Lipinski definition) is 3. The van der Waals surface area contributed by atoms with Crippen molar-refractivity contribution in [3.63, 3.8) is 0 Å². The first kappa shape index (κ1) is 14.4. The highest BCUT2D eigenvalue weighted by Gasteiger charge is 2.29. The topological polar surface area (TPSA) is 58.6 Å². The molecule has 5 heteroatoms. The molecule has 0 bridgehead atoms. The van der Waals surface area contributed by atoms with Gasteiger partial charge in [-0.3, -0.25) is 4.79 Å². The third-order valence-corrected chi connectivity index (χ3v) is 3.35. The largest absolute Gasteiger partial charge is 0.466 e. The van der Waals surface area contributed by atoms with Crippen LogP contribution in [0, 0.1) is 5.92 Å². The van der Waals surface area contributed by atoms with Gasteiger partial charge >= 0.3 is 12.0 Å². The van der Waals surface area contributed by atoms with Crippen LogP contribution in [-0.4, -0.2) is 36.6 Å².